The fourth-order valence-electron chi connectivity index (χ4n) is 1.29. The van der Waals surface area contributed by atoms with E-state index in [0.717, 1.165) is 0 Å². The molecule has 6 nitrogen and oxygen atoms in total. The van der Waals surface area contributed by atoms with Crippen LogP contribution in [0, 0.1) is 15.5 Å². The lowest BCUT2D eigenvalue weighted by Crippen LogP contribution is -2.53. The zero-order valence-electron chi connectivity index (χ0n) is 11.9. The first-order valence-electron chi connectivity index (χ1n) is 6.01. The van der Waals surface area contributed by atoms with Gasteiger partial charge >= 0.3 is 0 Å². The maximum absolute atomic E-state index is 12.3. The molecule has 0 saturated heterocycles. The second-order valence-corrected chi connectivity index (χ2v) is 6.13. The van der Waals surface area contributed by atoms with Crippen LogP contribution in [0.15, 0.2) is 18.2 Å². The molecule has 110 valence electrons. The zero-order valence-corrected chi connectivity index (χ0v) is 12.6. The summed E-state index contributed by atoms with van der Waals surface area (Å²) in [7, 11) is 0. The smallest absolute Gasteiger partial charge is 0.271 e. The number of hydrogen-bond acceptors (Lipinski definition) is 4. The predicted octanol–water partition coefficient (Wildman–Crippen LogP) is 2.95. The average Bonchev–Trinajstić information content (AvgIpc) is 2.29. The lowest BCUT2D eigenvalue weighted by atomic mass is 9.74. The van der Waals surface area contributed by atoms with Gasteiger partial charge in [-0.05, 0) is 33.8 Å². The molecule has 0 heterocycles. The Morgan fingerprint density at radius 3 is 2.35 bits per heavy atom. The Balaban J connectivity index is 3.08. The number of hydrogen-bond donors (Lipinski definition) is 2. The van der Waals surface area contributed by atoms with E-state index in [2.05, 4.69) is 5.32 Å². The number of nitrogens with one attached hydrogen (secondary N) is 1. The third kappa shape index (κ3) is 3.26. The molecule has 0 bridgehead atoms. The van der Waals surface area contributed by atoms with Gasteiger partial charge < -0.3 is 11.1 Å². The molecule has 0 aliphatic heterocycles. The molecular weight excluding hydrogens is 282 g/mol. The maximum Gasteiger partial charge on any atom is 0.271 e. The van der Waals surface area contributed by atoms with Crippen LogP contribution in [-0.4, -0.2) is 16.4 Å². The van der Waals surface area contributed by atoms with E-state index >= 15 is 0 Å². The molecule has 0 radical (unpaired) electrons. The largest absolute Gasteiger partial charge is 0.325 e. The highest BCUT2D eigenvalue weighted by atomic mass is 35.5. The van der Waals surface area contributed by atoms with Crippen LogP contribution in [0.4, 0.5) is 11.4 Å². The molecule has 0 saturated carbocycles. The third-order valence-corrected chi connectivity index (χ3v) is 3.92. The number of carbonyl (C=O) groups is 1. The molecule has 0 aliphatic carbocycles. The van der Waals surface area contributed by atoms with E-state index < -0.39 is 15.9 Å². The number of rotatable bonds is 4. The first kappa shape index (κ1) is 16.4. The minimum atomic E-state index is -0.874. The molecule has 1 rings (SSSR count). The Hall–Kier alpha value is -1.66. The second-order valence-electron chi connectivity index (χ2n) is 5.72. The minimum Gasteiger partial charge on any atom is -0.325 e. The monoisotopic (exact) mass is 299 g/mol. The number of nitro benzene ring substituents is 1. The number of nitro groups is 1. The summed E-state index contributed by atoms with van der Waals surface area (Å²) in [5.41, 5.74) is 4.40. The third-order valence-electron chi connectivity index (χ3n) is 3.59. The molecule has 3 N–H and O–H groups in total. The highest BCUT2D eigenvalue weighted by Crippen LogP contribution is 2.32. The molecule has 0 unspecified atom stereocenters. The van der Waals surface area contributed by atoms with Crippen molar-refractivity contribution in [3.63, 3.8) is 0 Å². The number of halogens is 1. The molecule has 7 heteroatoms. The fraction of sp³-hybridized carbons (Fsp3) is 0.462. The van der Waals surface area contributed by atoms with Gasteiger partial charge in [0, 0.05) is 17.7 Å². The second kappa shape index (κ2) is 5.38. The van der Waals surface area contributed by atoms with Gasteiger partial charge in [-0.2, -0.15) is 0 Å². The molecule has 0 spiro atoms. The van der Waals surface area contributed by atoms with Gasteiger partial charge in [0.15, 0.2) is 0 Å². The van der Waals surface area contributed by atoms with Crippen LogP contribution in [0.3, 0.4) is 0 Å². The number of amides is 1. The maximum atomic E-state index is 12.3. The van der Waals surface area contributed by atoms with Crippen molar-refractivity contribution in [3.05, 3.63) is 33.3 Å². The summed E-state index contributed by atoms with van der Waals surface area (Å²) in [5, 5.41) is 13.6. The Labute approximate surface area is 122 Å². The Morgan fingerprint density at radius 1 is 1.35 bits per heavy atom. The van der Waals surface area contributed by atoms with Crippen molar-refractivity contribution in [1.29, 1.82) is 0 Å². The van der Waals surface area contributed by atoms with Gasteiger partial charge in [0.05, 0.1) is 21.0 Å². The first-order valence-corrected chi connectivity index (χ1v) is 6.39. The van der Waals surface area contributed by atoms with Crippen LogP contribution in [0.1, 0.15) is 27.7 Å². The van der Waals surface area contributed by atoms with Crippen molar-refractivity contribution in [3.8, 4) is 0 Å². The van der Waals surface area contributed by atoms with Crippen molar-refractivity contribution in [2.24, 2.45) is 11.1 Å². The Bertz CT molecular complexity index is 550. The lowest BCUT2D eigenvalue weighted by Gasteiger charge is -2.36. The predicted molar refractivity (Wildman–Crippen MR) is 78.8 cm³/mol. The van der Waals surface area contributed by atoms with Crippen molar-refractivity contribution >= 4 is 28.9 Å². The van der Waals surface area contributed by atoms with Gasteiger partial charge in [-0.25, -0.2) is 0 Å². The van der Waals surface area contributed by atoms with Crippen molar-refractivity contribution < 1.29 is 9.72 Å². The van der Waals surface area contributed by atoms with Gasteiger partial charge in [-0.3, -0.25) is 14.9 Å². The summed E-state index contributed by atoms with van der Waals surface area (Å²) in [6.07, 6.45) is 0. The normalized spacial score (nSPS) is 12.1. The standard InChI is InChI=1S/C13H18ClN3O3/c1-12(2,13(3,4)15)11(18)16-10-7-8(17(19)20)5-6-9(10)14/h5-7H,15H2,1-4H3,(H,16,18). The van der Waals surface area contributed by atoms with E-state index in [0.29, 0.717) is 0 Å². The minimum absolute atomic E-state index is 0.144. The highest BCUT2D eigenvalue weighted by molar-refractivity contribution is 6.33. The zero-order chi connectivity index (χ0) is 15.7. The summed E-state index contributed by atoms with van der Waals surface area (Å²) in [6, 6.07) is 3.87. The summed E-state index contributed by atoms with van der Waals surface area (Å²) in [4.78, 5) is 22.5. The van der Waals surface area contributed by atoms with Crippen molar-refractivity contribution in [2.45, 2.75) is 33.2 Å². The van der Waals surface area contributed by atoms with Gasteiger partial charge in [-0.1, -0.05) is 11.6 Å². The molecule has 0 aromatic heterocycles. The topological polar surface area (TPSA) is 98.3 Å². The van der Waals surface area contributed by atoms with E-state index in [4.69, 9.17) is 17.3 Å². The number of anilines is 1. The van der Waals surface area contributed by atoms with Gasteiger partial charge in [0.1, 0.15) is 0 Å². The number of nitrogens with zero attached hydrogens (tertiary/aromatic N) is 1. The SMILES string of the molecule is CC(C)(N)C(C)(C)C(=O)Nc1cc([N+](=O)[O-])ccc1Cl. The van der Waals surface area contributed by atoms with E-state index in [9.17, 15) is 14.9 Å². The van der Waals surface area contributed by atoms with Crippen LogP contribution in [0.5, 0.6) is 0 Å². The summed E-state index contributed by atoms with van der Waals surface area (Å²) < 4.78 is 0. The van der Waals surface area contributed by atoms with Crippen LogP contribution in [0.25, 0.3) is 0 Å². The molecule has 1 amide bonds. The van der Waals surface area contributed by atoms with Crippen molar-refractivity contribution in [1.82, 2.24) is 0 Å². The van der Waals surface area contributed by atoms with E-state index in [1.54, 1.807) is 27.7 Å². The average molecular weight is 300 g/mol. The number of non-ortho nitro benzene ring substituents is 1. The fourth-order valence-corrected chi connectivity index (χ4v) is 1.46. The molecule has 0 aliphatic rings. The summed E-state index contributed by atoms with van der Waals surface area (Å²) in [5.74, 6) is -0.354. The molecule has 1 aromatic carbocycles. The molecule has 0 fully saturated rings. The van der Waals surface area contributed by atoms with Crippen LogP contribution in [-0.2, 0) is 4.79 Å². The number of benzene rings is 1. The van der Waals surface area contributed by atoms with E-state index in [-0.39, 0.29) is 22.3 Å². The number of nitrogens with two attached hydrogens (primary N) is 1. The molecule has 0 atom stereocenters. The summed E-state index contributed by atoms with van der Waals surface area (Å²) >= 11 is 5.94. The molecular formula is C13H18ClN3O3. The van der Waals surface area contributed by atoms with Gasteiger partial charge in [0.2, 0.25) is 5.91 Å². The quantitative estimate of drug-likeness (QED) is 0.659. The van der Waals surface area contributed by atoms with E-state index in [1.807, 2.05) is 0 Å². The number of carbonyl (C=O) groups excluding carboxylic acids is 1. The van der Waals surface area contributed by atoms with Crippen molar-refractivity contribution in [2.75, 3.05) is 5.32 Å². The molecule has 20 heavy (non-hydrogen) atoms. The Kier molecular flexibility index (Phi) is 4.41. The van der Waals surface area contributed by atoms with Crippen LogP contribution in [0.2, 0.25) is 5.02 Å². The Morgan fingerprint density at radius 2 is 1.90 bits per heavy atom. The highest BCUT2D eigenvalue weighted by Gasteiger charge is 2.40. The van der Waals surface area contributed by atoms with Crippen LogP contribution >= 0.6 is 11.6 Å². The lowest BCUT2D eigenvalue weighted by molar-refractivity contribution is -0.384. The van der Waals surface area contributed by atoms with E-state index in [1.165, 1.54) is 18.2 Å². The van der Waals surface area contributed by atoms with Gasteiger partial charge in [-0.15, -0.1) is 0 Å². The van der Waals surface area contributed by atoms with Crippen LogP contribution < -0.4 is 11.1 Å². The molecule has 1 aromatic rings. The first-order chi connectivity index (χ1) is 8.96. The summed E-state index contributed by atoms with van der Waals surface area (Å²) in [6.45, 7) is 6.88. The van der Waals surface area contributed by atoms with Gasteiger partial charge in [0.25, 0.3) is 5.69 Å².